The summed E-state index contributed by atoms with van der Waals surface area (Å²) in [7, 11) is 0. The Kier molecular flexibility index (Phi) is 11.6. The smallest absolute Gasteiger partial charge is 0.310 e. The molecule has 0 aromatic rings. The van der Waals surface area contributed by atoms with Crippen LogP contribution in [0.3, 0.4) is 0 Å². The van der Waals surface area contributed by atoms with Gasteiger partial charge < -0.3 is 9.47 Å². The molecule has 0 amide bonds. The molecule has 1 saturated carbocycles. The lowest BCUT2D eigenvalue weighted by Crippen LogP contribution is -2.39. The first-order chi connectivity index (χ1) is 12.5. The highest BCUT2D eigenvalue weighted by atomic mass is 16.5. The van der Waals surface area contributed by atoms with Crippen LogP contribution in [0.1, 0.15) is 91.9 Å². The average molecular weight is 369 g/mol. The van der Waals surface area contributed by atoms with Gasteiger partial charge in [0.05, 0.1) is 25.0 Å². The minimum atomic E-state index is -0.371. The van der Waals surface area contributed by atoms with Crippen molar-refractivity contribution in [3.8, 4) is 0 Å². The quantitative estimate of drug-likeness (QED) is 0.335. The van der Waals surface area contributed by atoms with Gasteiger partial charge in [-0.2, -0.15) is 0 Å². The van der Waals surface area contributed by atoms with Gasteiger partial charge in [0.15, 0.2) is 0 Å². The zero-order chi connectivity index (χ0) is 19.4. The molecule has 2 unspecified atom stereocenters. The molecule has 4 nitrogen and oxygen atoms in total. The van der Waals surface area contributed by atoms with Gasteiger partial charge in [0.2, 0.25) is 0 Å². The van der Waals surface area contributed by atoms with Crippen molar-refractivity contribution in [2.45, 2.75) is 91.9 Å². The number of hydrogen-bond donors (Lipinski definition) is 0. The largest absolute Gasteiger partial charge is 0.465 e. The molecule has 0 aliphatic heterocycles. The van der Waals surface area contributed by atoms with E-state index in [1.165, 1.54) is 6.42 Å². The Morgan fingerprint density at radius 1 is 0.885 bits per heavy atom. The third kappa shape index (κ3) is 8.09. The molecule has 0 spiro atoms. The van der Waals surface area contributed by atoms with Crippen molar-refractivity contribution >= 4 is 11.9 Å². The van der Waals surface area contributed by atoms with E-state index in [4.69, 9.17) is 9.47 Å². The highest BCUT2D eigenvalue weighted by molar-refractivity contribution is 5.82. The SMILES string of the molecule is CCCCOC(=O)C(CC(C)C)C(C(=O)OCCCC)C1CCCCC1. The standard InChI is InChI=1S/C22H40O4/c1-5-7-14-25-21(23)19(16-17(3)4)20(18-12-10-9-11-13-18)22(24)26-15-8-6-2/h17-20H,5-16H2,1-4H3. The van der Waals surface area contributed by atoms with Gasteiger partial charge in [0.25, 0.3) is 0 Å². The summed E-state index contributed by atoms with van der Waals surface area (Å²) in [4.78, 5) is 25.8. The Bertz CT molecular complexity index is 399. The molecule has 1 aliphatic carbocycles. The molecule has 0 heterocycles. The summed E-state index contributed by atoms with van der Waals surface area (Å²) in [5, 5.41) is 0. The van der Waals surface area contributed by atoms with Crippen LogP contribution in [0.4, 0.5) is 0 Å². The molecule has 1 aliphatic rings. The molecule has 1 rings (SSSR count). The Hall–Kier alpha value is -1.06. The van der Waals surface area contributed by atoms with Gasteiger partial charge >= 0.3 is 11.9 Å². The fraction of sp³-hybridized carbons (Fsp3) is 0.909. The van der Waals surface area contributed by atoms with Crippen molar-refractivity contribution in [3.63, 3.8) is 0 Å². The summed E-state index contributed by atoms with van der Waals surface area (Å²) in [6.45, 7) is 9.28. The highest BCUT2D eigenvalue weighted by Crippen LogP contribution is 2.38. The second-order valence-electron chi connectivity index (χ2n) is 8.20. The van der Waals surface area contributed by atoms with E-state index in [1.807, 2.05) is 0 Å². The summed E-state index contributed by atoms with van der Waals surface area (Å²) in [6.07, 6.45) is 9.97. The molecular weight excluding hydrogens is 328 g/mol. The van der Waals surface area contributed by atoms with E-state index in [1.54, 1.807) is 0 Å². The predicted octanol–water partition coefficient (Wildman–Crippen LogP) is 5.53. The third-order valence-electron chi connectivity index (χ3n) is 5.38. The Labute approximate surface area is 160 Å². The zero-order valence-electron chi connectivity index (χ0n) is 17.4. The maximum Gasteiger partial charge on any atom is 0.310 e. The van der Waals surface area contributed by atoms with E-state index < -0.39 is 0 Å². The number of ether oxygens (including phenoxy) is 2. The van der Waals surface area contributed by atoms with E-state index >= 15 is 0 Å². The van der Waals surface area contributed by atoms with Crippen LogP contribution in [0.5, 0.6) is 0 Å². The minimum Gasteiger partial charge on any atom is -0.465 e. The van der Waals surface area contributed by atoms with Crippen LogP contribution in [0, 0.1) is 23.7 Å². The molecular formula is C22H40O4. The van der Waals surface area contributed by atoms with Gasteiger partial charge in [-0.05, 0) is 43.9 Å². The molecule has 1 fully saturated rings. The number of carbonyl (C=O) groups excluding carboxylic acids is 2. The summed E-state index contributed by atoms with van der Waals surface area (Å²) in [6, 6.07) is 0. The lowest BCUT2D eigenvalue weighted by Gasteiger charge is -2.34. The molecule has 2 atom stereocenters. The predicted molar refractivity (Wildman–Crippen MR) is 105 cm³/mol. The Morgan fingerprint density at radius 3 is 1.92 bits per heavy atom. The molecule has 0 N–H and O–H groups in total. The van der Waals surface area contributed by atoms with Gasteiger partial charge in [-0.25, -0.2) is 0 Å². The van der Waals surface area contributed by atoms with Gasteiger partial charge in [-0.3, -0.25) is 9.59 Å². The topological polar surface area (TPSA) is 52.6 Å². The fourth-order valence-corrected chi connectivity index (χ4v) is 3.91. The fourth-order valence-electron chi connectivity index (χ4n) is 3.91. The number of carbonyl (C=O) groups is 2. The number of unbranched alkanes of at least 4 members (excludes halogenated alkanes) is 2. The highest BCUT2D eigenvalue weighted by Gasteiger charge is 2.41. The van der Waals surface area contributed by atoms with E-state index in [0.29, 0.717) is 25.6 Å². The third-order valence-corrected chi connectivity index (χ3v) is 5.38. The van der Waals surface area contributed by atoms with E-state index in [0.717, 1.165) is 51.4 Å². The van der Waals surface area contributed by atoms with Crippen molar-refractivity contribution in [1.29, 1.82) is 0 Å². The zero-order valence-corrected chi connectivity index (χ0v) is 17.4. The molecule has 0 aromatic heterocycles. The van der Waals surface area contributed by atoms with Crippen molar-refractivity contribution in [3.05, 3.63) is 0 Å². The van der Waals surface area contributed by atoms with E-state index in [-0.39, 0.29) is 29.7 Å². The normalized spacial score (nSPS) is 17.7. The van der Waals surface area contributed by atoms with Crippen molar-refractivity contribution in [2.75, 3.05) is 13.2 Å². The van der Waals surface area contributed by atoms with Crippen LogP contribution in [0.25, 0.3) is 0 Å². The van der Waals surface area contributed by atoms with Crippen LogP contribution < -0.4 is 0 Å². The lowest BCUT2D eigenvalue weighted by atomic mass is 9.72. The summed E-state index contributed by atoms with van der Waals surface area (Å²) in [5.41, 5.74) is 0. The van der Waals surface area contributed by atoms with Crippen LogP contribution in [-0.2, 0) is 19.1 Å². The minimum absolute atomic E-state index is 0.177. The molecule has 152 valence electrons. The van der Waals surface area contributed by atoms with Gasteiger partial charge in [0.1, 0.15) is 0 Å². The first kappa shape index (κ1) is 23.0. The first-order valence-electron chi connectivity index (χ1n) is 10.8. The molecule has 4 heteroatoms. The van der Waals surface area contributed by atoms with Crippen LogP contribution in [0.15, 0.2) is 0 Å². The molecule has 0 radical (unpaired) electrons. The van der Waals surface area contributed by atoms with Crippen molar-refractivity contribution < 1.29 is 19.1 Å². The maximum atomic E-state index is 12.9. The van der Waals surface area contributed by atoms with Crippen molar-refractivity contribution in [1.82, 2.24) is 0 Å². The summed E-state index contributed by atoms with van der Waals surface area (Å²) in [5.74, 6) is -0.500. The second-order valence-corrected chi connectivity index (χ2v) is 8.20. The van der Waals surface area contributed by atoms with Crippen LogP contribution in [0.2, 0.25) is 0 Å². The number of hydrogen-bond acceptors (Lipinski definition) is 4. The number of rotatable bonds is 12. The van der Waals surface area contributed by atoms with E-state index in [9.17, 15) is 9.59 Å². The van der Waals surface area contributed by atoms with Crippen molar-refractivity contribution in [2.24, 2.45) is 23.7 Å². The first-order valence-corrected chi connectivity index (χ1v) is 10.8. The number of esters is 2. The van der Waals surface area contributed by atoms with Crippen LogP contribution >= 0.6 is 0 Å². The molecule has 0 aromatic carbocycles. The van der Waals surface area contributed by atoms with Gasteiger partial charge in [-0.1, -0.05) is 59.8 Å². The van der Waals surface area contributed by atoms with E-state index in [2.05, 4.69) is 27.7 Å². The van der Waals surface area contributed by atoms with Crippen LogP contribution in [-0.4, -0.2) is 25.2 Å². The van der Waals surface area contributed by atoms with Gasteiger partial charge in [-0.15, -0.1) is 0 Å². The second kappa shape index (κ2) is 13.2. The molecule has 0 bridgehead atoms. The Balaban J connectivity index is 2.93. The average Bonchev–Trinajstić information content (AvgIpc) is 2.62. The lowest BCUT2D eigenvalue weighted by molar-refractivity contribution is -0.165. The summed E-state index contributed by atoms with van der Waals surface area (Å²) < 4.78 is 11.1. The summed E-state index contributed by atoms with van der Waals surface area (Å²) >= 11 is 0. The molecule has 0 saturated heterocycles. The maximum absolute atomic E-state index is 12.9. The Morgan fingerprint density at radius 2 is 1.42 bits per heavy atom. The monoisotopic (exact) mass is 368 g/mol. The van der Waals surface area contributed by atoms with Gasteiger partial charge in [0, 0.05) is 0 Å². The molecule has 26 heavy (non-hydrogen) atoms.